The lowest BCUT2D eigenvalue weighted by Gasteiger charge is -2.20. The van der Waals surface area contributed by atoms with Gasteiger partial charge >= 0.3 is 39.8 Å². The molecule has 1 aliphatic carbocycles. The van der Waals surface area contributed by atoms with Crippen LogP contribution in [0.4, 0.5) is 45.1 Å². The Morgan fingerprint density at radius 2 is 0.507 bits per heavy atom. The molecule has 0 spiro atoms. The largest absolute Gasteiger partial charge is 0.365 e. The van der Waals surface area contributed by atoms with Gasteiger partial charge in [0.25, 0.3) is 38.9 Å². The van der Waals surface area contributed by atoms with Crippen LogP contribution in [0.15, 0.2) is 310 Å². The molecule has 7 aromatic heterocycles. The maximum absolute atomic E-state index is 13.2. The Morgan fingerprint density at radius 1 is 0.264 bits per heavy atom. The molecule has 148 heavy (non-hydrogen) atoms. The second-order valence-electron chi connectivity index (χ2n) is 38.2. The number of hydrogen-bond acceptors (Lipinski definition) is 21. The molecule has 0 bridgehead atoms. The fraction of sp³-hybridized carbons (Fsp3) is 0.375. The van der Waals surface area contributed by atoms with Crippen LogP contribution >= 0.6 is 0 Å². The molecule has 1 unspecified atom stereocenters. The van der Waals surface area contributed by atoms with E-state index in [1.54, 1.807) is 53.7 Å². The normalized spacial score (nSPS) is 13.1. The molecule has 788 valence electrons. The Bertz CT molecular complexity index is 7210. The number of aryl methyl sites for hydroxylation is 1. The number of aromatic amines is 7. The summed E-state index contributed by atoms with van der Waals surface area (Å²) in [4.78, 5) is 187. The van der Waals surface area contributed by atoms with E-state index in [-0.39, 0.29) is 152 Å². The number of hydrogen-bond donors (Lipinski definition) is 14. The summed E-state index contributed by atoms with van der Waals surface area (Å²) in [5.41, 5.74) is 3.74. The third-order valence-electron chi connectivity index (χ3n) is 24.5. The third kappa shape index (κ3) is 33.4. The summed E-state index contributed by atoms with van der Waals surface area (Å²) in [5.74, 6) is 3.28. The minimum atomic E-state index is -0.466. The van der Waals surface area contributed by atoms with Crippen molar-refractivity contribution in [3.05, 3.63) is 439 Å². The summed E-state index contributed by atoms with van der Waals surface area (Å²) in [6, 6.07) is 72.9. The van der Waals surface area contributed by atoms with Crippen molar-refractivity contribution < 1.29 is 4.39 Å². The van der Waals surface area contributed by atoms with E-state index in [2.05, 4.69) is 104 Å². The van der Waals surface area contributed by atoms with E-state index in [9.17, 15) is 71.5 Å². The number of anilines is 7. The van der Waals surface area contributed by atoms with E-state index in [0.717, 1.165) is 63.6 Å². The fourth-order valence-corrected chi connectivity index (χ4v) is 16.6. The summed E-state index contributed by atoms with van der Waals surface area (Å²) < 4.78 is 21.6. The second-order valence-corrected chi connectivity index (χ2v) is 38.2. The first-order valence-corrected chi connectivity index (χ1v) is 50.3. The van der Waals surface area contributed by atoms with Crippen LogP contribution in [0.5, 0.6) is 0 Å². The van der Waals surface area contributed by atoms with Crippen LogP contribution in [-0.4, -0.2) is 66.9 Å². The van der Waals surface area contributed by atoms with Crippen molar-refractivity contribution in [3.8, 4) is 0 Å². The smallest absolute Gasteiger partial charge is 0.330 e. The standard InChI is InChI=1S/C17H21N3O2.C17H23N3O2.3C16H21N3O2.C15H18FN3O2.C15H19N3O2/c1-11(2)20-15(21)10-14(19-17(20)22)18-16(13-8-9-13)12-6-4-3-5-7-12;1-4-8-14(13-9-6-5-7-10-13)18-15-11-16(21)20(12(2)3)17(22)19-15;1-10(2)19-15(20)9-14(18-16(19)21)17-12(4)13-7-5-6-11(3)8-13;1-4-11(2)19-15(20)10-14(18-16(19)21)17-12(3)13-8-6-5-7-9-13;1-4-13(12-8-6-5-7-9-12)17-14-10-15(20)19(11(2)3)16(21)18-14;1-9(2)19-14(20)8-13(18-15(19)21)17-10(3)11-5-4-6-12(16)7-11;1-10(2)18-14(19)9-13(17-15(18)20)16-11(3)12-7-5-4-6-8-12/h3-7,10-11,13,16,18H,8-9H2,1-2H3,(H,19,22);5-7,9-12,14,18H,4,8H2,1-3H3,(H,19,22);5-10,12,17H,1-4H3,(H,18,21);5-12,17H,4H2,1-3H3,(H,18,21);5-11,13,17H,4H2,1-3H3,(H,18,21);4-10,17H,1-3H3,(H,18,21);4-11,16H,1-3H3,(H,17,20)/t16-;14-;12-;11?,12-;13-;10-;11-/m1000000/s1. The highest BCUT2D eigenvalue weighted by molar-refractivity contribution is 5.44. The number of halogens is 1. The van der Waals surface area contributed by atoms with Crippen molar-refractivity contribution in [1.82, 2.24) is 66.9 Å². The molecule has 14 aromatic rings. The topological polar surface area (TPSA) is 468 Å². The monoisotopic (exact) mass is 2030 g/mol. The minimum absolute atomic E-state index is 0.000647. The molecule has 0 radical (unpaired) electrons. The zero-order valence-corrected chi connectivity index (χ0v) is 88.2. The number of H-pyrrole nitrogens is 7. The van der Waals surface area contributed by atoms with Gasteiger partial charge in [-0.25, -0.2) is 38.0 Å². The maximum atomic E-state index is 13.2. The summed E-state index contributed by atoms with van der Waals surface area (Å²) >= 11 is 0. The van der Waals surface area contributed by atoms with Crippen LogP contribution in [0.2, 0.25) is 0 Å². The second kappa shape index (κ2) is 55.2. The van der Waals surface area contributed by atoms with Gasteiger partial charge in [0.05, 0.1) is 18.1 Å². The van der Waals surface area contributed by atoms with Crippen LogP contribution in [0.1, 0.15) is 306 Å². The van der Waals surface area contributed by atoms with Gasteiger partial charge in [-0.15, -0.1) is 0 Å². The van der Waals surface area contributed by atoms with Crippen LogP contribution in [0, 0.1) is 18.7 Å². The molecule has 8 atom stereocenters. The molecular formula is C112H144FN21O14. The van der Waals surface area contributed by atoms with Crippen molar-refractivity contribution in [2.45, 2.75) is 269 Å². The first-order valence-electron chi connectivity index (χ1n) is 50.3. The van der Waals surface area contributed by atoms with Gasteiger partial charge < -0.3 is 37.2 Å². The van der Waals surface area contributed by atoms with Crippen molar-refractivity contribution in [3.63, 3.8) is 0 Å². The predicted octanol–water partition coefficient (Wildman–Crippen LogP) is 18.4. The highest BCUT2D eigenvalue weighted by Gasteiger charge is 2.33. The average Bonchev–Trinajstić information content (AvgIpc) is 1.63. The summed E-state index contributed by atoms with van der Waals surface area (Å²) in [6.07, 6.45) is 5.83. The zero-order valence-electron chi connectivity index (χ0n) is 88.2. The molecule has 15 rings (SSSR count). The van der Waals surface area contributed by atoms with E-state index in [1.165, 1.54) is 106 Å². The Kier molecular flexibility index (Phi) is 43.1. The van der Waals surface area contributed by atoms with Gasteiger partial charge in [0, 0.05) is 109 Å². The van der Waals surface area contributed by atoms with Crippen molar-refractivity contribution in [1.29, 1.82) is 0 Å². The molecule has 1 fully saturated rings. The molecule has 1 aliphatic rings. The first kappa shape index (κ1) is 115. The lowest BCUT2D eigenvalue weighted by Crippen LogP contribution is -2.37. The van der Waals surface area contributed by atoms with E-state index < -0.39 is 17.1 Å². The number of nitrogens with one attached hydrogen (secondary N) is 14. The van der Waals surface area contributed by atoms with Gasteiger partial charge in [-0.05, 0) is 214 Å². The van der Waals surface area contributed by atoms with E-state index in [1.807, 2.05) is 248 Å². The number of benzene rings is 7. The van der Waals surface area contributed by atoms with Crippen LogP contribution < -0.4 is 116 Å². The molecule has 0 amide bonds. The Balaban J connectivity index is 0.000000192. The molecule has 35 nitrogen and oxygen atoms in total. The van der Waals surface area contributed by atoms with Crippen LogP contribution in [0.25, 0.3) is 0 Å². The Morgan fingerprint density at radius 3 is 0.770 bits per heavy atom. The van der Waals surface area contributed by atoms with E-state index >= 15 is 0 Å². The highest BCUT2D eigenvalue weighted by Crippen LogP contribution is 2.42. The van der Waals surface area contributed by atoms with Crippen molar-refractivity contribution >= 4 is 40.7 Å². The van der Waals surface area contributed by atoms with Gasteiger partial charge in [-0.2, -0.15) is 0 Å². The van der Waals surface area contributed by atoms with E-state index in [0.29, 0.717) is 46.6 Å². The summed E-state index contributed by atoms with van der Waals surface area (Å²) in [5, 5.41) is 22.3. The molecule has 36 heteroatoms. The first-order chi connectivity index (χ1) is 70.4. The maximum Gasteiger partial charge on any atom is 0.330 e. The van der Waals surface area contributed by atoms with Gasteiger partial charge in [0.1, 0.15) is 46.5 Å². The summed E-state index contributed by atoms with van der Waals surface area (Å²) in [6.45, 7) is 39.4. The molecule has 0 saturated heterocycles. The zero-order chi connectivity index (χ0) is 108. The molecule has 7 heterocycles. The minimum Gasteiger partial charge on any atom is -0.365 e. The fourth-order valence-electron chi connectivity index (χ4n) is 16.6. The average molecular weight is 2030 g/mol. The lowest BCUT2D eigenvalue weighted by molar-refractivity contribution is 0.490. The Hall–Kier alpha value is -16.2. The van der Waals surface area contributed by atoms with Crippen LogP contribution in [0.3, 0.4) is 0 Å². The van der Waals surface area contributed by atoms with Gasteiger partial charge in [0.2, 0.25) is 0 Å². The molecule has 1 saturated carbocycles. The molecular weight excluding hydrogens is 1880 g/mol. The lowest BCUT2D eigenvalue weighted by atomic mass is 10.0. The van der Waals surface area contributed by atoms with Gasteiger partial charge in [-0.3, -0.25) is 100 Å². The third-order valence-corrected chi connectivity index (χ3v) is 24.5. The molecule has 14 N–H and O–H groups in total. The number of rotatable bonds is 33. The predicted molar refractivity (Wildman–Crippen MR) is 592 cm³/mol. The number of aromatic nitrogens is 14. The molecule has 0 aliphatic heterocycles. The van der Waals surface area contributed by atoms with Crippen molar-refractivity contribution in [2.24, 2.45) is 5.92 Å². The highest BCUT2D eigenvalue weighted by atomic mass is 19.1. The quantitative estimate of drug-likeness (QED) is 0.0182. The van der Waals surface area contributed by atoms with Gasteiger partial charge in [-0.1, -0.05) is 221 Å². The molecule has 7 aromatic carbocycles. The van der Waals surface area contributed by atoms with Crippen molar-refractivity contribution in [2.75, 3.05) is 37.2 Å². The van der Waals surface area contributed by atoms with Gasteiger partial charge in [0.15, 0.2) is 0 Å². The number of nitrogens with zero attached hydrogens (tertiary/aromatic N) is 7. The summed E-state index contributed by atoms with van der Waals surface area (Å²) in [7, 11) is 0. The SMILES string of the molecule is CC(C)n1c(=O)cc(N[C@@H](C)c2cccc(F)c2)[nH]c1=O.CC(C)n1c(=O)cc(N[C@@H](C)c2ccccc2)[nH]c1=O.CC(C)n1c(=O)cc(N[C@H](c2ccccc2)C2CC2)[nH]c1=O.CCC(C)n1c(=O)cc(N[C@@H](C)c2ccccc2)[nH]c1=O.CCC[C@H](Nc1cc(=O)n(C(C)C)c(=O)[nH]1)c1ccccc1.CC[C@H](Nc1cc(=O)n(C(C)C)c(=O)[nH]1)c1ccccc1.Cc1cccc([C@H](C)Nc2cc(=O)n(C(C)C)c(=O)[nH]2)c1. The Labute approximate surface area is 857 Å². The van der Waals surface area contributed by atoms with E-state index in [4.69, 9.17) is 0 Å². The van der Waals surface area contributed by atoms with Crippen LogP contribution in [-0.2, 0) is 0 Å².